The highest BCUT2D eigenvalue weighted by molar-refractivity contribution is 5.96. The first kappa shape index (κ1) is 40.3. The van der Waals surface area contributed by atoms with Crippen molar-refractivity contribution in [3.8, 4) is 5.75 Å². The van der Waals surface area contributed by atoms with E-state index in [1.165, 1.54) is 0 Å². The van der Waals surface area contributed by atoms with Gasteiger partial charge in [0.1, 0.15) is 18.0 Å². The Morgan fingerprint density at radius 2 is 1.68 bits per heavy atom. The van der Waals surface area contributed by atoms with Crippen LogP contribution in [0.3, 0.4) is 0 Å². The molecule has 0 spiro atoms. The molecule has 1 aromatic carbocycles. The molecule has 1 aromatic rings. The summed E-state index contributed by atoms with van der Waals surface area (Å²) in [5, 5.41) is 20.5. The molecule has 11 nitrogen and oxygen atoms in total. The van der Waals surface area contributed by atoms with Gasteiger partial charge in [0, 0.05) is 38.6 Å². The largest absolute Gasteiger partial charge is 0.491 e. The fourth-order valence-electron chi connectivity index (χ4n) is 5.52. The summed E-state index contributed by atoms with van der Waals surface area (Å²) < 4.78 is 17.0. The van der Waals surface area contributed by atoms with Crippen LogP contribution in [-0.2, 0) is 14.3 Å². The highest BCUT2D eigenvalue weighted by Crippen LogP contribution is 2.25. The van der Waals surface area contributed by atoms with Gasteiger partial charge in [0.15, 0.2) is 0 Å². The zero-order valence-corrected chi connectivity index (χ0v) is 30.1. The number of hydrogen-bond acceptors (Lipinski definition) is 8. The monoisotopic (exact) mass is 662 g/mol. The number of alkyl carbamates (subject to hydrolysis) is 1. The fourth-order valence-corrected chi connectivity index (χ4v) is 5.52. The molecule has 11 heteroatoms. The summed E-state index contributed by atoms with van der Waals surface area (Å²) in [4.78, 5) is 41.6. The Bertz CT molecular complexity index is 1090. The van der Waals surface area contributed by atoms with E-state index < -0.39 is 29.8 Å². The molecular weight excluding hydrogens is 600 g/mol. The van der Waals surface area contributed by atoms with E-state index in [-0.39, 0.29) is 36.0 Å². The number of benzene rings is 1. The van der Waals surface area contributed by atoms with Crippen LogP contribution in [0.1, 0.15) is 91.4 Å². The maximum absolute atomic E-state index is 13.4. The summed E-state index contributed by atoms with van der Waals surface area (Å²) in [6.07, 6.45) is 0.766. The molecule has 3 amide bonds. The summed E-state index contributed by atoms with van der Waals surface area (Å²) in [5.74, 6) is -0.245. The molecule has 2 rings (SSSR count). The topological polar surface area (TPSA) is 138 Å². The molecule has 0 aromatic heterocycles. The van der Waals surface area contributed by atoms with E-state index in [0.29, 0.717) is 50.6 Å². The summed E-state index contributed by atoms with van der Waals surface area (Å²) in [6.45, 7) is 20.7. The quantitative estimate of drug-likeness (QED) is 0.158. The van der Waals surface area contributed by atoms with E-state index in [2.05, 4.69) is 41.6 Å². The predicted molar refractivity (Wildman–Crippen MR) is 185 cm³/mol. The number of aliphatic hydroxyl groups excluding tert-OH is 1. The van der Waals surface area contributed by atoms with E-state index in [0.717, 1.165) is 32.5 Å². The Balaban J connectivity index is 2.13. The summed E-state index contributed by atoms with van der Waals surface area (Å²) >= 11 is 0. The van der Waals surface area contributed by atoms with E-state index in [9.17, 15) is 19.5 Å². The molecule has 4 N–H and O–H groups in total. The van der Waals surface area contributed by atoms with Crippen molar-refractivity contribution in [2.75, 3.05) is 52.5 Å². The first-order chi connectivity index (χ1) is 22.2. The lowest BCUT2D eigenvalue weighted by Crippen LogP contribution is -2.49. The second kappa shape index (κ2) is 20.5. The Kier molecular flexibility index (Phi) is 17.5. The average molecular weight is 663 g/mol. The van der Waals surface area contributed by atoms with Gasteiger partial charge in [-0.15, -0.1) is 0 Å². The first-order valence-corrected chi connectivity index (χ1v) is 17.5. The van der Waals surface area contributed by atoms with Gasteiger partial charge in [0.25, 0.3) is 5.91 Å². The Hall–Kier alpha value is -2.89. The molecule has 47 heavy (non-hydrogen) atoms. The molecule has 1 fully saturated rings. The average Bonchev–Trinajstić information content (AvgIpc) is 3.00. The van der Waals surface area contributed by atoms with E-state index in [1.807, 2.05) is 26.0 Å². The molecule has 1 aliphatic heterocycles. The number of carbonyl (C=O) groups is 3. The minimum absolute atomic E-state index is 0.00945. The number of nitrogens with zero attached hydrogens (tertiary/aromatic N) is 1. The summed E-state index contributed by atoms with van der Waals surface area (Å²) in [6, 6.07) is 6.51. The van der Waals surface area contributed by atoms with E-state index >= 15 is 0 Å². The van der Waals surface area contributed by atoms with Crippen molar-refractivity contribution in [1.29, 1.82) is 0 Å². The van der Waals surface area contributed by atoms with Crippen molar-refractivity contribution in [3.05, 3.63) is 29.8 Å². The molecule has 0 radical (unpaired) electrons. The minimum Gasteiger partial charge on any atom is -0.491 e. The maximum Gasteiger partial charge on any atom is 0.407 e. The van der Waals surface area contributed by atoms with Crippen LogP contribution in [0.25, 0.3) is 0 Å². The number of unbranched alkanes of at least 4 members (excludes halogenated alkanes) is 1. The number of carbonyl (C=O) groups excluding carboxylic acids is 3. The van der Waals surface area contributed by atoms with E-state index in [4.69, 9.17) is 14.2 Å². The first-order valence-electron chi connectivity index (χ1n) is 17.5. The Morgan fingerprint density at radius 3 is 2.30 bits per heavy atom. The molecule has 0 unspecified atom stereocenters. The normalized spacial score (nSPS) is 16.7. The third kappa shape index (κ3) is 15.3. The van der Waals surface area contributed by atoms with Crippen molar-refractivity contribution < 1.29 is 33.7 Å². The smallest absolute Gasteiger partial charge is 0.407 e. The number of morpholine rings is 1. The molecule has 0 aliphatic carbocycles. The van der Waals surface area contributed by atoms with Crippen molar-refractivity contribution in [1.82, 2.24) is 20.9 Å². The van der Waals surface area contributed by atoms with Gasteiger partial charge in [-0.1, -0.05) is 53.2 Å². The fraction of sp³-hybridized carbons (Fsp3) is 0.750. The maximum atomic E-state index is 13.4. The van der Waals surface area contributed by atoms with Gasteiger partial charge in [0.2, 0.25) is 5.91 Å². The molecule has 1 aliphatic rings. The predicted octanol–water partition coefficient (Wildman–Crippen LogP) is 4.62. The van der Waals surface area contributed by atoms with Crippen LogP contribution in [0.2, 0.25) is 0 Å². The summed E-state index contributed by atoms with van der Waals surface area (Å²) in [7, 11) is 0. The van der Waals surface area contributed by atoms with Crippen molar-refractivity contribution in [2.45, 2.75) is 98.8 Å². The SMILES string of the molecule is CCCCNC(=O)[C@@H](C[C@H](O)[C@H](C[C@H](CNC(=O)c1ccccc1OCCN1CCOCC1)C(C)C)NC(=O)OC(C)(C)C)C(C)C. The summed E-state index contributed by atoms with van der Waals surface area (Å²) in [5.41, 5.74) is -0.267. The Labute approximate surface area is 282 Å². The van der Waals surface area contributed by atoms with Crippen LogP contribution in [0.15, 0.2) is 24.3 Å². The van der Waals surface area contributed by atoms with Crippen LogP contribution in [-0.4, -0.2) is 98.2 Å². The van der Waals surface area contributed by atoms with Crippen LogP contribution < -0.4 is 20.7 Å². The molecule has 268 valence electrons. The third-order valence-corrected chi connectivity index (χ3v) is 8.56. The molecule has 4 atom stereocenters. The number of hydrogen-bond donors (Lipinski definition) is 4. The van der Waals surface area contributed by atoms with Gasteiger partial charge < -0.3 is 35.3 Å². The molecule has 1 heterocycles. The van der Waals surface area contributed by atoms with Gasteiger partial charge in [-0.3, -0.25) is 14.5 Å². The van der Waals surface area contributed by atoms with Gasteiger partial charge in [-0.25, -0.2) is 4.79 Å². The van der Waals surface area contributed by atoms with Gasteiger partial charge in [0.05, 0.1) is 30.9 Å². The van der Waals surface area contributed by atoms with Crippen molar-refractivity contribution >= 4 is 17.9 Å². The number of amides is 3. The lowest BCUT2D eigenvalue weighted by atomic mass is 9.82. The molecule has 0 bridgehead atoms. The minimum atomic E-state index is -1.01. The lowest BCUT2D eigenvalue weighted by Gasteiger charge is -2.33. The van der Waals surface area contributed by atoms with Crippen LogP contribution in [0.4, 0.5) is 4.79 Å². The standard InChI is InChI=1S/C36H62N4O7/c1-9-10-15-37-34(43)29(26(4)5)23-31(41)30(39-35(44)47-36(6,7)8)22-27(25(2)3)24-38-33(42)28-13-11-12-14-32(28)46-21-18-40-16-19-45-20-17-40/h11-14,25-27,29-31,41H,9-10,15-24H2,1-8H3,(H,37,43)(H,38,42)(H,39,44)/t27-,29+,30+,31+/m1/s1. The Morgan fingerprint density at radius 1 is 1.00 bits per heavy atom. The number of rotatable bonds is 19. The molecule has 1 saturated heterocycles. The number of para-hydroxylation sites is 1. The third-order valence-electron chi connectivity index (χ3n) is 8.56. The van der Waals surface area contributed by atoms with Gasteiger partial charge in [-0.2, -0.15) is 0 Å². The zero-order valence-electron chi connectivity index (χ0n) is 30.1. The van der Waals surface area contributed by atoms with Crippen LogP contribution in [0, 0.1) is 23.7 Å². The number of ether oxygens (including phenoxy) is 3. The molecule has 0 saturated carbocycles. The van der Waals surface area contributed by atoms with Crippen LogP contribution in [0.5, 0.6) is 5.75 Å². The van der Waals surface area contributed by atoms with Crippen molar-refractivity contribution in [3.63, 3.8) is 0 Å². The lowest BCUT2D eigenvalue weighted by molar-refractivity contribution is -0.127. The second-order valence-corrected chi connectivity index (χ2v) is 14.3. The number of nitrogens with one attached hydrogen (secondary N) is 3. The van der Waals surface area contributed by atoms with Crippen LogP contribution >= 0.6 is 0 Å². The van der Waals surface area contributed by atoms with Gasteiger partial charge >= 0.3 is 6.09 Å². The second-order valence-electron chi connectivity index (χ2n) is 14.3. The zero-order chi connectivity index (χ0) is 35.0. The highest BCUT2D eigenvalue weighted by Gasteiger charge is 2.33. The van der Waals surface area contributed by atoms with E-state index in [1.54, 1.807) is 32.9 Å². The molecular formula is C36H62N4O7. The highest BCUT2D eigenvalue weighted by atomic mass is 16.6. The number of aliphatic hydroxyl groups is 1. The van der Waals surface area contributed by atoms with Gasteiger partial charge in [-0.05, 0) is 69.9 Å². The van der Waals surface area contributed by atoms with Crippen molar-refractivity contribution in [2.24, 2.45) is 23.7 Å².